The monoisotopic (exact) mass is 207 g/mol. The number of nitrogens with two attached hydrogens (primary N) is 1. The highest BCUT2D eigenvalue weighted by atomic mass is 35.5. The lowest BCUT2D eigenvalue weighted by Crippen LogP contribution is -2.44. The summed E-state index contributed by atoms with van der Waals surface area (Å²) in [7, 11) is 1.80. The van der Waals surface area contributed by atoms with E-state index in [1.165, 1.54) is 19.3 Å². The second kappa shape index (κ2) is 5.18. The normalized spacial score (nSPS) is 29.5. The van der Waals surface area contributed by atoms with Gasteiger partial charge in [-0.25, -0.2) is 0 Å². The van der Waals surface area contributed by atoms with E-state index in [4.69, 9.17) is 10.5 Å². The Morgan fingerprint density at radius 3 is 2.38 bits per heavy atom. The summed E-state index contributed by atoms with van der Waals surface area (Å²) in [5, 5.41) is 0. The van der Waals surface area contributed by atoms with Crippen LogP contribution < -0.4 is 5.73 Å². The molecule has 1 saturated carbocycles. The highest BCUT2D eigenvalue weighted by molar-refractivity contribution is 5.85. The molecule has 0 aromatic carbocycles. The van der Waals surface area contributed by atoms with Gasteiger partial charge in [0.25, 0.3) is 0 Å². The zero-order chi connectivity index (χ0) is 9.19. The third-order valence-electron chi connectivity index (χ3n) is 3.01. The maximum Gasteiger partial charge on any atom is 0.0574 e. The number of rotatable bonds is 2. The molecular formula is C10H22ClNO. The Morgan fingerprint density at radius 2 is 1.92 bits per heavy atom. The first-order chi connectivity index (χ1) is 5.54. The Morgan fingerprint density at radius 1 is 1.31 bits per heavy atom. The van der Waals surface area contributed by atoms with Crippen LogP contribution in [0.5, 0.6) is 0 Å². The van der Waals surface area contributed by atoms with Crippen molar-refractivity contribution in [2.75, 3.05) is 7.11 Å². The molecule has 0 spiro atoms. The van der Waals surface area contributed by atoms with E-state index in [0.717, 1.165) is 6.42 Å². The van der Waals surface area contributed by atoms with Crippen LogP contribution in [0.2, 0.25) is 0 Å². The molecule has 1 rings (SSSR count). The van der Waals surface area contributed by atoms with Crippen molar-refractivity contribution in [3.63, 3.8) is 0 Å². The fourth-order valence-electron chi connectivity index (χ4n) is 2.03. The summed E-state index contributed by atoms with van der Waals surface area (Å²) in [5.74, 6) is 0.635. The van der Waals surface area contributed by atoms with Crippen LogP contribution in [0.4, 0.5) is 0 Å². The van der Waals surface area contributed by atoms with Crippen molar-refractivity contribution >= 4 is 12.4 Å². The first kappa shape index (κ1) is 13.2. The van der Waals surface area contributed by atoms with Gasteiger partial charge in [0.2, 0.25) is 0 Å². The van der Waals surface area contributed by atoms with Crippen molar-refractivity contribution in [3.8, 4) is 0 Å². The van der Waals surface area contributed by atoms with Gasteiger partial charge in [-0.15, -0.1) is 12.4 Å². The highest BCUT2D eigenvalue weighted by Gasteiger charge is 2.30. The van der Waals surface area contributed by atoms with Crippen molar-refractivity contribution < 1.29 is 4.74 Å². The molecule has 0 aromatic rings. The number of hydrogen-bond donors (Lipinski definition) is 1. The molecule has 0 saturated heterocycles. The molecule has 0 aliphatic heterocycles. The largest absolute Gasteiger partial charge is 0.381 e. The van der Waals surface area contributed by atoms with E-state index in [1.807, 2.05) is 0 Å². The lowest BCUT2D eigenvalue weighted by molar-refractivity contribution is 0.0359. The zero-order valence-electron chi connectivity index (χ0n) is 8.88. The van der Waals surface area contributed by atoms with Gasteiger partial charge < -0.3 is 10.5 Å². The number of ether oxygens (including phenoxy) is 1. The van der Waals surface area contributed by atoms with Gasteiger partial charge in [-0.2, -0.15) is 0 Å². The third-order valence-corrected chi connectivity index (χ3v) is 3.01. The molecule has 2 N–H and O–H groups in total. The quantitative estimate of drug-likeness (QED) is 0.755. The molecule has 0 amide bonds. The molecule has 2 atom stereocenters. The predicted molar refractivity (Wildman–Crippen MR) is 58.3 cm³/mol. The Labute approximate surface area is 87.6 Å². The van der Waals surface area contributed by atoms with Gasteiger partial charge >= 0.3 is 0 Å². The van der Waals surface area contributed by atoms with Crippen molar-refractivity contribution in [3.05, 3.63) is 0 Å². The molecule has 1 aliphatic carbocycles. The van der Waals surface area contributed by atoms with Crippen LogP contribution in [0.1, 0.15) is 39.5 Å². The molecule has 13 heavy (non-hydrogen) atoms. The van der Waals surface area contributed by atoms with Crippen LogP contribution in [0.15, 0.2) is 0 Å². The standard InChI is InChI=1S/C10H21NO.ClH/c1-10(2,11)8-5-4-6-9(7-8)12-3;/h8-9H,4-7,11H2,1-3H3;1H. The highest BCUT2D eigenvalue weighted by Crippen LogP contribution is 2.32. The predicted octanol–water partition coefficient (Wildman–Crippen LogP) is 2.35. The molecule has 0 aromatic heterocycles. The molecule has 0 heterocycles. The maximum absolute atomic E-state index is 6.07. The van der Waals surface area contributed by atoms with Crippen LogP contribution >= 0.6 is 12.4 Å². The first-order valence-electron chi connectivity index (χ1n) is 4.85. The number of methoxy groups -OCH3 is 1. The van der Waals surface area contributed by atoms with Gasteiger partial charge in [0, 0.05) is 12.6 Å². The molecule has 2 nitrogen and oxygen atoms in total. The number of halogens is 1. The molecular weight excluding hydrogens is 186 g/mol. The smallest absolute Gasteiger partial charge is 0.0574 e. The average molecular weight is 208 g/mol. The maximum atomic E-state index is 6.07. The summed E-state index contributed by atoms with van der Waals surface area (Å²) in [5.41, 5.74) is 6.04. The lowest BCUT2D eigenvalue weighted by Gasteiger charge is -2.36. The summed E-state index contributed by atoms with van der Waals surface area (Å²) in [6.45, 7) is 4.24. The molecule has 1 fully saturated rings. The summed E-state index contributed by atoms with van der Waals surface area (Å²) in [4.78, 5) is 0. The minimum atomic E-state index is -0.0306. The SMILES string of the molecule is COC1CCCC(C(C)(C)N)C1.Cl. The second-order valence-corrected chi connectivity index (χ2v) is 4.54. The van der Waals surface area contributed by atoms with Gasteiger partial charge in [0.1, 0.15) is 0 Å². The van der Waals surface area contributed by atoms with E-state index in [1.54, 1.807) is 7.11 Å². The third kappa shape index (κ3) is 3.84. The second-order valence-electron chi connectivity index (χ2n) is 4.54. The first-order valence-corrected chi connectivity index (χ1v) is 4.85. The van der Waals surface area contributed by atoms with Crippen LogP contribution in [0.25, 0.3) is 0 Å². The molecule has 3 heteroatoms. The van der Waals surface area contributed by atoms with E-state index in [0.29, 0.717) is 12.0 Å². The Bertz CT molecular complexity index is 144. The van der Waals surface area contributed by atoms with Crippen molar-refractivity contribution in [1.29, 1.82) is 0 Å². The molecule has 1 aliphatic rings. The Hall–Kier alpha value is 0.210. The van der Waals surface area contributed by atoms with Crippen molar-refractivity contribution in [1.82, 2.24) is 0 Å². The van der Waals surface area contributed by atoms with E-state index in [9.17, 15) is 0 Å². The summed E-state index contributed by atoms with van der Waals surface area (Å²) < 4.78 is 5.36. The molecule has 0 radical (unpaired) electrons. The zero-order valence-corrected chi connectivity index (χ0v) is 9.69. The van der Waals surface area contributed by atoms with Gasteiger partial charge in [-0.3, -0.25) is 0 Å². The molecule has 2 unspecified atom stereocenters. The summed E-state index contributed by atoms with van der Waals surface area (Å²) in [6.07, 6.45) is 5.34. The van der Waals surface area contributed by atoms with Gasteiger partial charge in [0.15, 0.2) is 0 Å². The average Bonchev–Trinajstić information content (AvgIpc) is 2.03. The number of hydrogen-bond acceptors (Lipinski definition) is 2. The topological polar surface area (TPSA) is 35.2 Å². The van der Waals surface area contributed by atoms with Crippen molar-refractivity contribution in [2.24, 2.45) is 11.7 Å². The van der Waals surface area contributed by atoms with Crippen LogP contribution in [0.3, 0.4) is 0 Å². The van der Waals surface area contributed by atoms with E-state index >= 15 is 0 Å². The van der Waals surface area contributed by atoms with Crippen LogP contribution in [-0.4, -0.2) is 18.8 Å². The van der Waals surface area contributed by atoms with E-state index in [-0.39, 0.29) is 17.9 Å². The Balaban J connectivity index is 0.00000144. The lowest BCUT2D eigenvalue weighted by atomic mass is 9.76. The van der Waals surface area contributed by atoms with Crippen LogP contribution in [0, 0.1) is 5.92 Å². The fraction of sp³-hybridized carbons (Fsp3) is 1.00. The van der Waals surface area contributed by atoms with E-state index < -0.39 is 0 Å². The van der Waals surface area contributed by atoms with Crippen LogP contribution in [-0.2, 0) is 4.74 Å². The minimum absolute atomic E-state index is 0. The fourth-order valence-corrected chi connectivity index (χ4v) is 2.03. The van der Waals surface area contributed by atoms with Crippen molar-refractivity contribution in [2.45, 2.75) is 51.2 Å². The van der Waals surface area contributed by atoms with Gasteiger partial charge in [0.05, 0.1) is 6.10 Å². The van der Waals surface area contributed by atoms with E-state index in [2.05, 4.69) is 13.8 Å². The molecule has 80 valence electrons. The summed E-state index contributed by atoms with van der Waals surface area (Å²) >= 11 is 0. The summed E-state index contributed by atoms with van der Waals surface area (Å²) in [6, 6.07) is 0. The van der Waals surface area contributed by atoms with Gasteiger partial charge in [-0.1, -0.05) is 6.42 Å². The Kier molecular flexibility index (Phi) is 5.26. The minimum Gasteiger partial charge on any atom is -0.381 e. The van der Waals surface area contributed by atoms with Gasteiger partial charge in [-0.05, 0) is 39.0 Å². The molecule has 0 bridgehead atoms.